The first-order valence-electron chi connectivity index (χ1n) is 5.76. The largest absolute Gasteiger partial charge is 0.339 e. The number of amides is 1. The van der Waals surface area contributed by atoms with Gasteiger partial charge in [-0.3, -0.25) is 4.79 Å². The van der Waals surface area contributed by atoms with Crippen molar-refractivity contribution in [1.29, 1.82) is 0 Å². The van der Waals surface area contributed by atoms with Crippen molar-refractivity contribution in [2.75, 3.05) is 13.6 Å². The van der Waals surface area contributed by atoms with Gasteiger partial charge in [-0.25, -0.2) is 0 Å². The van der Waals surface area contributed by atoms with Crippen LogP contribution in [0.25, 0.3) is 0 Å². The molecule has 1 aromatic rings. The van der Waals surface area contributed by atoms with Crippen LogP contribution in [0.1, 0.15) is 24.6 Å². The van der Waals surface area contributed by atoms with E-state index in [4.69, 9.17) is 11.6 Å². The Morgan fingerprint density at radius 3 is 2.94 bits per heavy atom. The summed E-state index contributed by atoms with van der Waals surface area (Å²) in [5.74, 6) is 0.166. The zero-order chi connectivity index (χ0) is 12.5. The number of thiophene rings is 1. The standard InChI is InChI=1S/C12H17ClN2OS/c1-12(6-3-7-14-12)11(16)15(2)8-9-4-5-10(13)17-9/h4-5,14H,3,6-8H2,1-2H3. The fourth-order valence-corrected chi connectivity index (χ4v) is 3.38. The van der Waals surface area contributed by atoms with Gasteiger partial charge in [-0.05, 0) is 38.4 Å². The highest BCUT2D eigenvalue weighted by Gasteiger charge is 2.37. The lowest BCUT2D eigenvalue weighted by atomic mass is 9.98. The van der Waals surface area contributed by atoms with E-state index in [-0.39, 0.29) is 11.4 Å². The second-order valence-electron chi connectivity index (χ2n) is 4.73. The smallest absolute Gasteiger partial charge is 0.242 e. The van der Waals surface area contributed by atoms with E-state index in [2.05, 4.69) is 5.32 Å². The van der Waals surface area contributed by atoms with Gasteiger partial charge in [0, 0.05) is 11.9 Å². The van der Waals surface area contributed by atoms with Crippen LogP contribution in [0.4, 0.5) is 0 Å². The molecular weight excluding hydrogens is 256 g/mol. The molecule has 0 spiro atoms. The molecule has 3 nitrogen and oxygen atoms in total. The van der Waals surface area contributed by atoms with E-state index in [0.717, 1.165) is 28.6 Å². The van der Waals surface area contributed by atoms with Crippen LogP contribution in [0.3, 0.4) is 0 Å². The van der Waals surface area contributed by atoms with Crippen molar-refractivity contribution in [3.8, 4) is 0 Å². The average Bonchev–Trinajstić information content (AvgIpc) is 2.88. The molecule has 17 heavy (non-hydrogen) atoms. The number of nitrogens with zero attached hydrogens (tertiary/aromatic N) is 1. The Morgan fingerprint density at radius 2 is 2.41 bits per heavy atom. The number of hydrogen-bond acceptors (Lipinski definition) is 3. The summed E-state index contributed by atoms with van der Waals surface area (Å²) in [6.45, 7) is 3.55. The molecule has 0 bridgehead atoms. The summed E-state index contributed by atoms with van der Waals surface area (Å²) in [7, 11) is 1.85. The van der Waals surface area contributed by atoms with Gasteiger partial charge in [-0.2, -0.15) is 0 Å². The highest BCUT2D eigenvalue weighted by molar-refractivity contribution is 7.16. The zero-order valence-electron chi connectivity index (χ0n) is 10.1. The van der Waals surface area contributed by atoms with Crippen LogP contribution in [-0.2, 0) is 11.3 Å². The molecule has 0 radical (unpaired) electrons. The maximum atomic E-state index is 12.3. The maximum Gasteiger partial charge on any atom is 0.242 e. The molecule has 1 N–H and O–H groups in total. The molecule has 2 rings (SSSR count). The Kier molecular flexibility index (Phi) is 3.76. The van der Waals surface area contributed by atoms with Gasteiger partial charge in [0.2, 0.25) is 5.91 Å². The van der Waals surface area contributed by atoms with E-state index >= 15 is 0 Å². The first-order valence-corrected chi connectivity index (χ1v) is 6.95. The number of hydrogen-bond donors (Lipinski definition) is 1. The molecule has 1 amide bonds. The Hall–Kier alpha value is -0.580. The third kappa shape index (κ3) is 2.81. The minimum atomic E-state index is -0.379. The van der Waals surface area contributed by atoms with Gasteiger partial charge in [-0.1, -0.05) is 11.6 Å². The Bertz CT molecular complexity index is 412. The Labute approximate surface area is 111 Å². The number of halogens is 1. The van der Waals surface area contributed by atoms with Crippen molar-refractivity contribution in [3.05, 3.63) is 21.3 Å². The molecule has 5 heteroatoms. The second kappa shape index (κ2) is 4.96. The maximum absolute atomic E-state index is 12.3. The molecule has 0 aromatic carbocycles. The lowest BCUT2D eigenvalue weighted by Gasteiger charge is -2.28. The summed E-state index contributed by atoms with van der Waals surface area (Å²) in [5.41, 5.74) is -0.379. The first kappa shape index (κ1) is 12.9. The van der Waals surface area contributed by atoms with Crippen LogP contribution in [-0.4, -0.2) is 29.9 Å². The van der Waals surface area contributed by atoms with Crippen molar-refractivity contribution >= 4 is 28.8 Å². The third-order valence-electron chi connectivity index (χ3n) is 3.21. The van der Waals surface area contributed by atoms with Crippen LogP contribution in [0, 0.1) is 0 Å². The van der Waals surface area contributed by atoms with Gasteiger partial charge < -0.3 is 10.2 Å². The highest BCUT2D eigenvalue weighted by atomic mass is 35.5. The molecule has 1 atom stereocenters. The fraction of sp³-hybridized carbons (Fsp3) is 0.583. The van der Waals surface area contributed by atoms with Gasteiger partial charge in [0.25, 0.3) is 0 Å². The van der Waals surface area contributed by atoms with E-state index in [1.54, 1.807) is 4.90 Å². The van der Waals surface area contributed by atoms with Crippen LogP contribution in [0.15, 0.2) is 12.1 Å². The second-order valence-corrected chi connectivity index (χ2v) is 6.53. The lowest BCUT2D eigenvalue weighted by Crippen LogP contribution is -2.51. The summed E-state index contributed by atoms with van der Waals surface area (Å²) in [6.07, 6.45) is 1.99. The predicted molar refractivity (Wildman–Crippen MR) is 71.4 cm³/mol. The SMILES string of the molecule is CN(Cc1ccc(Cl)s1)C(=O)C1(C)CCCN1. The van der Waals surface area contributed by atoms with Crippen LogP contribution in [0.5, 0.6) is 0 Å². The zero-order valence-corrected chi connectivity index (χ0v) is 11.7. The average molecular weight is 273 g/mol. The molecule has 1 fully saturated rings. The van der Waals surface area contributed by atoms with Crippen molar-refractivity contribution < 1.29 is 4.79 Å². The molecule has 1 saturated heterocycles. The van der Waals surface area contributed by atoms with Gasteiger partial charge in [-0.15, -0.1) is 11.3 Å². The number of rotatable bonds is 3. The minimum Gasteiger partial charge on any atom is -0.339 e. The van der Waals surface area contributed by atoms with Crippen LogP contribution >= 0.6 is 22.9 Å². The van der Waals surface area contributed by atoms with E-state index in [1.807, 2.05) is 26.1 Å². The first-order chi connectivity index (χ1) is 8.01. The summed E-state index contributed by atoms with van der Waals surface area (Å²) in [4.78, 5) is 15.2. The monoisotopic (exact) mass is 272 g/mol. The third-order valence-corrected chi connectivity index (χ3v) is 4.43. The van der Waals surface area contributed by atoms with Gasteiger partial charge >= 0.3 is 0 Å². The molecule has 1 aromatic heterocycles. The molecule has 1 unspecified atom stereocenters. The van der Waals surface area contributed by atoms with Gasteiger partial charge in [0.15, 0.2) is 0 Å². The van der Waals surface area contributed by atoms with E-state index < -0.39 is 0 Å². The fourth-order valence-electron chi connectivity index (χ4n) is 2.24. The van der Waals surface area contributed by atoms with E-state index in [0.29, 0.717) is 6.54 Å². The topological polar surface area (TPSA) is 32.3 Å². The minimum absolute atomic E-state index is 0.166. The number of carbonyl (C=O) groups excluding carboxylic acids is 1. The van der Waals surface area contributed by atoms with E-state index in [9.17, 15) is 4.79 Å². The molecular formula is C12H17ClN2OS. The molecule has 1 aliphatic rings. The van der Waals surface area contributed by atoms with Crippen LogP contribution < -0.4 is 5.32 Å². The van der Waals surface area contributed by atoms with Crippen molar-refractivity contribution in [2.45, 2.75) is 31.8 Å². The molecule has 94 valence electrons. The number of carbonyl (C=O) groups is 1. The van der Waals surface area contributed by atoms with E-state index in [1.165, 1.54) is 11.3 Å². The quantitative estimate of drug-likeness (QED) is 0.917. The summed E-state index contributed by atoms with van der Waals surface area (Å²) in [5, 5.41) is 3.29. The molecule has 0 saturated carbocycles. The lowest BCUT2D eigenvalue weighted by molar-refractivity contribution is -0.136. The molecule has 0 aliphatic carbocycles. The van der Waals surface area contributed by atoms with Gasteiger partial charge in [0.1, 0.15) is 0 Å². The Balaban J connectivity index is 2.00. The number of nitrogens with one attached hydrogen (secondary N) is 1. The van der Waals surface area contributed by atoms with Crippen molar-refractivity contribution in [2.24, 2.45) is 0 Å². The predicted octanol–water partition coefficient (Wildman–Crippen LogP) is 2.50. The summed E-state index contributed by atoms with van der Waals surface area (Å²) < 4.78 is 0.769. The van der Waals surface area contributed by atoms with Crippen LogP contribution in [0.2, 0.25) is 4.34 Å². The highest BCUT2D eigenvalue weighted by Crippen LogP contribution is 2.25. The van der Waals surface area contributed by atoms with Crippen molar-refractivity contribution in [1.82, 2.24) is 10.2 Å². The van der Waals surface area contributed by atoms with Gasteiger partial charge in [0.05, 0.1) is 16.4 Å². The van der Waals surface area contributed by atoms with Crippen molar-refractivity contribution in [3.63, 3.8) is 0 Å². The molecule has 1 aliphatic heterocycles. The molecule has 2 heterocycles. The number of likely N-dealkylation sites (N-methyl/N-ethyl adjacent to an activating group) is 1. The summed E-state index contributed by atoms with van der Waals surface area (Å²) >= 11 is 7.41. The normalized spacial score (nSPS) is 23.9. The summed E-state index contributed by atoms with van der Waals surface area (Å²) in [6, 6.07) is 3.84. The Morgan fingerprint density at radius 1 is 1.65 bits per heavy atom.